The van der Waals surface area contributed by atoms with Crippen LogP contribution in [0.1, 0.15) is 5.56 Å². The van der Waals surface area contributed by atoms with Gasteiger partial charge in [-0.1, -0.05) is 6.07 Å². The van der Waals surface area contributed by atoms with E-state index in [1.54, 1.807) is 0 Å². The zero-order valence-corrected chi connectivity index (χ0v) is 23.1. The second kappa shape index (κ2) is 14.0. The van der Waals surface area contributed by atoms with Gasteiger partial charge in [0.25, 0.3) is 0 Å². The molecule has 14 N–H and O–H groups in total. The van der Waals surface area contributed by atoms with Crippen molar-refractivity contribution >= 4 is 0 Å². The molecule has 0 amide bonds. The van der Waals surface area contributed by atoms with E-state index in [1.807, 2.05) is 0 Å². The van der Waals surface area contributed by atoms with E-state index < -0.39 is 141 Å². The highest BCUT2D eigenvalue weighted by Crippen LogP contribution is 2.36. The molecule has 0 aromatic heterocycles. The molecule has 0 spiro atoms. The van der Waals surface area contributed by atoms with Crippen molar-refractivity contribution in [2.75, 3.05) is 19.8 Å². The summed E-state index contributed by atoms with van der Waals surface area (Å²) in [4.78, 5) is 0. The third-order valence-corrected chi connectivity index (χ3v) is 8.20. The van der Waals surface area contributed by atoms with Gasteiger partial charge >= 0.3 is 0 Å². The lowest BCUT2D eigenvalue weighted by molar-refractivity contribution is -0.360. The Bertz CT molecular complexity index is 1130. The first-order chi connectivity index (χ1) is 20.7. The predicted molar refractivity (Wildman–Crippen MR) is 136 cm³/mol. The molecule has 0 saturated carbocycles. The van der Waals surface area contributed by atoms with Crippen LogP contribution in [0.5, 0.6) is 0 Å². The summed E-state index contributed by atoms with van der Waals surface area (Å²) < 4.78 is 69.8. The molecule has 44 heavy (non-hydrogen) atoms. The van der Waals surface area contributed by atoms with Gasteiger partial charge in [0, 0.05) is 6.42 Å². The topological polar surface area (TPSA) is 286 Å². The van der Waals surface area contributed by atoms with Crippen molar-refractivity contribution in [3.05, 3.63) is 35.1 Å². The fourth-order valence-corrected chi connectivity index (χ4v) is 5.50. The Morgan fingerprint density at radius 2 is 1.27 bits per heavy atom. The van der Waals surface area contributed by atoms with E-state index in [0.29, 0.717) is 6.07 Å². The van der Waals surface area contributed by atoms with Crippen LogP contribution in [-0.2, 0) is 30.1 Å². The quantitative estimate of drug-likeness (QED) is 0.112. The summed E-state index contributed by atoms with van der Waals surface area (Å²) in [5.41, 5.74) is 15.0. The van der Waals surface area contributed by atoms with Gasteiger partial charge in [0.2, 0.25) is 0 Å². The smallest absolute Gasteiger partial charge is 0.194 e. The summed E-state index contributed by atoms with van der Waals surface area (Å²) in [6.07, 6.45) is -18.8. The van der Waals surface area contributed by atoms with Gasteiger partial charge in [0.15, 0.2) is 36.3 Å². The van der Waals surface area contributed by atoms with E-state index in [2.05, 4.69) is 0 Å². The van der Waals surface area contributed by atoms with Crippen LogP contribution in [0.3, 0.4) is 0 Å². The minimum atomic E-state index is -2.28. The standard InChI is InChI=1S/C25H38F3N3O13/c26-8-2-1-7(11(27)12(8)28)3-25(6-34)21(38)18(37)15(31)24(44-25)43-20-10(5-33)41-23(14(30)17(20)36)42-19-9(4-32)40-22(39)13(29)16(19)35/h1-2,9-10,13-24,32-39H,3-6,29-31H2/t9-,10-,13-,14-,15-,16-,17-,18-,19?,20?,21+,22-,23+,24+,25-/m1/s1. The molecule has 3 aliphatic heterocycles. The van der Waals surface area contributed by atoms with Gasteiger partial charge < -0.3 is 81.7 Å². The molecule has 1 aromatic carbocycles. The minimum absolute atomic E-state index is 0.531. The summed E-state index contributed by atoms with van der Waals surface area (Å²) in [5.74, 6) is -4.94. The van der Waals surface area contributed by atoms with Crippen molar-refractivity contribution in [3.63, 3.8) is 0 Å². The number of rotatable bonds is 9. The molecule has 4 rings (SSSR count). The molecule has 19 heteroatoms. The Balaban J connectivity index is 1.54. The number of benzene rings is 1. The second-order valence-electron chi connectivity index (χ2n) is 11.0. The van der Waals surface area contributed by atoms with E-state index in [4.69, 9.17) is 40.9 Å². The highest BCUT2D eigenvalue weighted by molar-refractivity contribution is 5.24. The molecule has 0 radical (unpaired) electrons. The van der Waals surface area contributed by atoms with Gasteiger partial charge in [-0.05, 0) is 11.6 Å². The summed E-state index contributed by atoms with van der Waals surface area (Å²) in [7, 11) is 0. The van der Waals surface area contributed by atoms with Crippen LogP contribution in [0.4, 0.5) is 13.2 Å². The van der Waals surface area contributed by atoms with E-state index in [9.17, 15) is 54.0 Å². The molecule has 1 aromatic rings. The van der Waals surface area contributed by atoms with E-state index >= 15 is 0 Å². The number of ether oxygens (including phenoxy) is 5. The summed E-state index contributed by atoms with van der Waals surface area (Å²) >= 11 is 0. The lowest BCUT2D eigenvalue weighted by Gasteiger charge is -2.51. The van der Waals surface area contributed by atoms with Crippen LogP contribution in [0, 0.1) is 17.5 Å². The van der Waals surface area contributed by atoms with Crippen molar-refractivity contribution in [1.82, 2.24) is 0 Å². The van der Waals surface area contributed by atoms with Gasteiger partial charge in [-0.25, -0.2) is 13.2 Å². The van der Waals surface area contributed by atoms with E-state index in [-0.39, 0.29) is 0 Å². The zero-order chi connectivity index (χ0) is 32.7. The van der Waals surface area contributed by atoms with Crippen LogP contribution >= 0.6 is 0 Å². The van der Waals surface area contributed by atoms with Crippen molar-refractivity contribution in [2.45, 2.75) is 97.8 Å². The maximum Gasteiger partial charge on any atom is 0.194 e. The molecule has 2 unspecified atom stereocenters. The Hall–Kier alpha value is -1.63. The molecule has 15 atom stereocenters. The zero-order valence-electron chi connectivity index (χ0n) is 23.1. The van der Waals surface area contributed by atoms with Crippen LogP contribution in [-0.4, -0.2) is 152 Å². The molecule has 3 heterocycles. The fraction of sp³-hybridized carbons (Fsp3) is 0.760. The van der Waals surface area contributed by atoms with Crippen molar-refractivity contribution < 1.29 is 77.7 Å². The average molecular weight is 646 g/mol. The predicted octanol–water partition coefficient (Wildman–Crippen LogP) is -5.64. The first-order valence-electron chi connectivity index (χ1n) is 13.6. The summed E-state index contributed by atoms with van der Waals surface area (Å²) in [6.45, 7) is -2.68. The first-order valence-corrected chi connectivity index (χ1v) is 13.6. The third kappa shape index (κ3) is 6.47. The van der Waals surface area contributed by atoms with Crippen molar-refractivity contribution in [1.29, 1.82) is 0 Å². The van der Waals surface area contributed by atoms with Gasteiger partial charge in [-0.2, -0.15) is 0 Å². The second-order valence-corrected chi connectivity index (χ2v) is 11.0. The normalized spacial score (nSPS) is 45.0. The van der Waals surface area contributed by atoms with Crippen molar-refractivity contribution in [3.8, 4) is 0 Å². The van der Waals surface area contributed by atoms with Crippen molar-refractivity contribution in [2.24, 2.45) is 17.2 Å². The molecule has 3 aliphatic rings. The number of nitrogens with two attached hydrogens (primary N) is 3. The number of halogens is 3. The molecule has 3 fully saturated rings. The maximum atomic E-state index is 14.5. The van der Waals surface area contributed by atoms with E-state index in [0.717, 1.165) is 6.07 Å². The van der Waals surface area contributed by atoms with Gasteiger partial charge in [-0.15, -0.1) is 0 Å². The highest BCUT2D eigenvalue weighted by atomic mass is 19.2. The average Bonchev–Trinajstić information content (AvgIpc) is 3.01. The molecule has 0 aliphatic carbocycles. The lowest BCUT2D eigenvalue weighted by Crippen LogP contribution is -2.72. The van der Waals surface area contributed by atoms with Gasteiger partial charge in [-0.3, -0.25) is 0 Å². The largest absolute Gasteiger partial charge is 0.394 e. The lowest BCUT2D eigenvalue weighted by atomic mass is 9.81. The number of aliphatic hydroxyl groups excluding tert-OH is 8. The molecular weight excluding hydrogens is 607 g/mol. The summed E-state index contributed by atoms with van der Waals surface area (Å²) in [6, 6.07) is -2.96. The Labute approximate surface area is 248 Å². The Morgan fingerprint density at radius 3 is 1.86 bits per heavy atom. The third-order valence-electron chi connectivity index (χ3n) is 8.20. The molecule has 0 bridgehead atoms. The Morgan fingerprint density at radius 1 is 0.727 bits per heavy atom. The van der Waals surface area contributed by atoms with Gasteiger partial charge in [0.05, 0.1) is 37.9 Å². The Kier molecular flexibility index (Phi) is 11.2. The molecule has 16 nitrogen and oxygen atoms in total. The van der Waals surface area contributed by atoms with Crippen LogP contribution < -0.4 is 17.2 Å². The van der Waals surface area contributed by atoms with Crippen LogP contribution in [0.15, 0.2) is 12.1 Å². The first kappa shape index (κ1) is 35.2. The number of hydrogen-bond donors (Lipinski definition) is 11. The molecular formula is C25H38F3N3O13. The van der Waals surface area contributed by atoms with Gasteiger partial charge in [0.1, 0.15) is 54.4 Å². The molecule has 252 valence electrons. The minimum Gasteiger partial charge on any atom is -0.394 e. The summed E-state index contributed by atoms with van der Waals surface area (Å²) in [5, 5.41) is 82.7. The molecule has 3 saturated heterocycles. The van der Waals surface area contributed by atoms with Crippen LogP contribution in [0.2, 0.25) is 0 Å². The number of aliphatic hydroxyl groups is 8. The fourth-order valence-electron chi connectivity index (χ4n) is 5.50. The SMILES string of the molecule is N[C@H]1[C@@H](OC2[C@@H](CO)O[C@@H](OC3[C@@H](CO)O[C@@H](O)[C@H](N)[C@H]3O)[C@H](N)[C@H]2O)O[C@@](CO)(Cc2ccc(F)c(F)c2F)[C@@H](O)[C@@H]1O. The number of hydrogen-bond acceptors (Lipinski definition) is 16. The maximum absolute atomic E-state index is 14.5. The monoisotopic (exact) mass is 645 g/mol. The van der Waals surface area contributed by atoms with Crippen LogP contribution in [0.25, 0.3) is 0 Å². The highest BCUT2D eigenvalue weighted by Gasteiger charge is 2.56. The van der Waals surface area contributed by atoms with E-state index in [1.165, 1.54) is 0 Å².